The van der Waals surface area contributed by atoms with Gasteiger partial charge in [0.2, 0.25) is 0 Å². The lowest BCUT2D eigenvalue weighted by Gasteiger charge is -2.06. The molecule has 2 rings (SSSR count). The van der Waals surface area contributed by atoms with Crippen LogP contribution in [0.5, 0.6) is 5.75 Å². The number of benzene rings is 2. The van der Waals surface area contributed by atoms with Crippen molar-refractivity contribution in [2.45, 2.75) is 6.42 Å². The van der Waals surface area contributed by atoms with E-state index in [0.29, 0.717) is 22.8 Å². The van der Waals surface area contributed by atoms with Crippen molar-refractivity contribution in [3.8, 4) is 5.75 Å². The molecule has 2 aromatic rings. The summed E-state index contributed by atoms with van der Waals surface area (Å²) < 4.78 is 5.44. The number of hydrogen-bond donors (Lipinski definition) is 1. The molecule has 0 aliphatic carbocycles. The first kappa shape index (κ1) is 14.6. The zero-order valence-electron chi connectivity index (χ0n) is 10.9. The average Bonchev–Trinajstić information content (AvgIpc) is 2.46. The van der Waals surface area contributed by atoms with E-state index in [1.165, 1.54) is 0 Å². The summed E-state index contributed by atoms with van der Waals surface area (Å²) in [7, 11) is 0. The quantitative estimate of drug-likeness (QED) is 0.832. The molecule has 0 heterocycles. The van der Waals surface area contributed by atoms with Crippen molar-refractivity contribution in [1.29, 1.82) is 0 Å². The molecule has 0 fully saturated rings. The molecule has 104 valence electrons. The third kappa shape index (κ3) is 4.08. The molecule has 3 nitrogen and oxygen atoms in total. The summed E-state index contributed by atoms with van der Waals surface area (Å²) in [5.41, 5.74) is 1.57. The van der Waals surface area contributed by atoms with Gasteiger partial charge in [-0.3, -0.25) is 4.79 Å². The zero-order valence-corrected chi connectivity index (χ0v) is 11.6. The molecule has 0 saturated heterocycles. The normalized spacial score (nSPS) is 10.3. The van der Waals surface area contributed by atoms with Crippen LogP contribution in [0.2, 0.25) is 5.02 Å². The Kier molecular flexibility index (Phi) is 5.16. The minimum Gasteiger partial charge on any atom is -0.485 e. The number of hydrogen-bond acceptors (Lipinski definition) is 3. The van der Waals surface area contributed by atoms with Gasteiger partial charge in [0.25, 0.3) is 0 Å². The molecule has 20 heavy (non-hydrogen) atoms. The number of rotatable bonds is 6. The summed E-state index contributed by atoms with van der Waals surface area (Å²) in [6.45, 7) is 0.0904. The summed E-state index contributed by atoms with van der Waals surface area (Å²) in [6.07, 6.45) is 0.613. The molecule has 0 saturated carbocycles. The molecule has 0 aliphatic heterocycles. The third-order valence-corrected chi connectivity index (χ3v) is 3.08. The van der Waals surface area contributed by atoms with Gasteiger partial charge >= 0.3 is 0 Å². The van der Waals surface area contributed by atoms with Gasteiger partial charge in [0.15, 0.2) is 12.4 Å². The van der Waals surface area contributed by atoms with Crippen LogP contribution in [-0.2, 0) is 6.42 Å². The summed E-state index contributed by atoms with van der Waals surface area (Å²) in [4.78, 5) is 11.9. The van der Waals surface area contributed by atoms with Crippen LogP contribution in [0.3, 0.4) is 0 Å². The number of aliphatic hydroxyl groups is 1. The summed E-state index contributed by atoms with van der Waals surface area (Å²) in [6, 6.07) is 14.1. The van der Waals surface area contributed by atoms with Crippen LogP contribution in [0.1, 0.15) is 15.9 Å². The van der Waals surface area contributed by atoms with Crippen molar-refractivity contribution in [1.82, 2.24) is 0 Å². The Hall–Kier alpha value is -1.84. The van der Waals surface area contributed by atoms with Gasteiger partial charge in [-0.15, -0.1) is 0 Å². The number of carbonyl (C=O) groups excluding carboxylic acids is 1. The molecular weight excluding hydrogens is 276 g/mol. The number of aliphatic hydroxyl groups excluding tert-OH is 1. The largest absolute Gasteiger partial charge is 0.485 e. The van der Waals surface area contributed by atoms with Crippen LogP contribution in [0.4, 0.5) is 0 Å². The van der Waals surface area contributed by atoms with Crippen LogP contribution in [0.15, 0.2) is 48.5 Å². The molecule has 0 aromatic heterocycles. The van der Waals surface area contributed by atoms with Crippen LogP contribution in [-0.4, -0.2) is 24.1 Å². The van der Waals surface area contributed by atoms with Gasteiger partial charge < -0.3 is 9.84 Å². The van der Waals surface area contributed by atoms with Crippen molar-refractivity contribution in [3.63, 3.8) is 0 Å². The maximum absolute atomic E-state index is 11.9. The first-order valence-electron chi connectivity index (χ1n) is 6.30. The van der Waals surface area contributed by atoms with E-state index in [4.69, 9.17) is 21.4 Å². The Morgan fingerprint density at radius 3 is 2.55 bits per heavy atom. The van der Waals surface area contributed by atoms with E-state index in [-0.39, 0.29) is 19.0 Å². The van der Waals surface area contributed by atoms with E-state index in [0.717, 1.165) is 5.56 Å². The molecule has 0 atom stereocenters. The predicted molar refractivity (Wildman–Crippen MR) is 78.5 cm³/mol. The van der Waals surface area contributed by atoms with E-state index in [1.54, 1.807) is 36.4 Å². The second-order valence-electron chi connectivity index (χ2n) is 4.34. The molecule has 0 amide bonds. The standard InChI is InChI=1S/C16H15ClO3/c17-14-3-1-2-13(10-14)16(19)11-20-15-6-4-12(5-7-15)8-9-18/h1-7,10,18H,8-9,11H2. The Bertz CT molecular complexity index is 579. The number of ether oxygens (including phenoxy) is 1. The Morgan fingerprint density at radius 2 is 1.90 bits per heavy atom. The molecule has 0 aliphatic rings. The lowest BCUT2D eigenvalue weighted by molar-refractivity contribution is 0.0921. The second kappa shape index (κ2) is 7.08. The third-order valence-electron chi connectivity index (χ3n) is 2.84. The second-order valence-corrected chi connectivity index (χ2v) is 4.78. The van der Waals surface area contributed by atoms with Gasteiger partial charge in [-0.2, -0.15) is 0 Å². The predicted octanol–water partition coefficient (Wildman–Crippen LogP) is 3.14. The fourth-order valence-corrected chi connectivity index (χ4v) is 1.97. The van der Waals surface area contributed by atoms with E-state index in [9.17, 15) is 4.79 Å². The van der Waals surface area contributed by atoms with Gasteiger partial charge in [0.05, 0.1) is 0 Å². The van der Waals surface area contributed by atoms with Gasteiger partial charge in [-0.05, 0) is 36.2 Å². The van der Waals surface area contributed by atoms with Crippen molar-refractivity contribution >= 4 is 17.4 Å². The van der Waals surface area contributed by atoms with Crippen molar-refractivity contribution in [2.24, 2.45) is 0 Å². The SMILES string of the molecule is O=C(COc1ccc(CCO)cc1)c1cccc(Cl)c1. The molecule has 1 N–H and O–H groups in total. The highest BCUT2D eigenvalue weighted by molar-refractivity contribution is 6.31. The minimum atomic E-state index is -0.119. The molecular formula is C16H15ClO3. The van der Waals surface area contributed by atoms with Gasteiger partial charge in [-0.1, -0.05) is 35.9 Å². The van der Waals surface area contributed by atoms with Crippen LogP contribution < -0.4 is 4.74 Å². The fraction of sp³-hybridized carbons (Fsp3) is 0.188. The van der Waals surface area contributed by atoms with E-state index >= 15 is 0 Å². The van der Waals surface area contributed by atoms with Crippen LogP contribution in [0, 0.1) is 0 Å². The molecule has 0 bridgehead atoms. The first-order valence-corrected chi connectivity index (χ1v) is 6.68. The molecule has 0 radical (unpaired) electrons. The highest BCUT2D eigenvalue weighted by Gasteiger charge is 2.07. The lowest BCUT2D eigenvalue weighted by Crippen LogP contribution is -2.11. The Morgan fingerprint density at radius 1 is 1.15 bits per heavy atom. The Labute approximate surface area is 122 Å². The number of halogens is 1. The minimum absolute atomic E-state index is 0.0281. The van der Waals surface area contributed by atoms with E-state index in [2.05, 4.69) is 0 Å². The molecule has 0 spiro atoms. The van der Waals surface area contributed by atoms with Crippen molar-refractivity contribution in [2.75, 3.05) is 13.2 Å². The number of Topliss-reactive ketones (excluding diaryl/α,β-unsaturated/α-hetero) is 1. The van der Waals surface area contributed by atoms with E-state index in [1.807, 2.05) is 12.1 Å². The van der Waals surface area contributed by atoms with Crippen LogP contribution >= 0.6 is 11.6 Å². The van der Waals surface area contributed by atoms with Crippen molar-refractivity contribution in [3.05, 3.63) is 64.7 Å². The fourth-order valence-electron chi connectivity index (χ4n) is 1.78. The van der Waals surface area contributed by atoms with Gasteiger partial charge in [-0.25, -0.2) is 0 Å². The monoisotopic (exact) mass is 290 g/mol. The van der Waals surface area contributed by atoms with Gasteiger partial charge in [0, 0.05) is 17.2 Å². The van der Waals surface area contributed by atoms with E-state index < -0.39 is 0 Å². The lowest BCUT2D eigenvalue weighted by atomic mass is 10.1. The maximum atomic E-state index is 11.9. The van der Waals surface area contributed by atoms with Crippen LogP contribution in [0.25, 0.3) is 0 Å². The number of ketones is 1. The maximum Gasteiger partial charge on any atom is 0.200 e. The highest BCUT2D eigenvalue weighted by Crippen LogP contribution is 2.14. The van der Waals surface area contributed by atoms with Crippen molar-refractivity contribution < 1.29 is 14.6 Å². The summed E-state index contributed by atoms with van der Waals surface area (Å²) in [5.74, 6) is 0.508. The summed E-state index contributed by atoms with van der Waals surface area (Å²) >= 11 is 5.84. The Balaban J connectivity index is 1.93. The van der Waals surface area contributed by atoms with Gasteiger partial charge in [0.1, 0.15) is 5.75 Å². The number of carbonyl (C=O) groups is 1. The average molecular weight is 291 g/mol. The first-order chi connectivity index (χ1) is 9.69. The molecule has 2 aromatic carbocycles. The highest BCUT2D eigenvalue weighted by atomic mass is 35.5. The topological polar surface area (TPSA) is 46.5 Å². The molecule has 4 heteroatoms. The molecule has 0 unspecified atom stereocenters. The summed E-state index contributed by atoms with van der Waals surface area (Å²) in [5, 5.41) is 9.36. The smallest absolute Gasteiger partial charge is 0.200 e. The zero-order chi connectivity index (χ0) is 14.4.